The highest BCUT2D eigenvalue weighted by atomic mass is 32.2. The summed E-state index contributed by atoms with van der Waals surface area (Å²) in [6.45, 7) is 0.334. The van der Waals surface area contributed by atoms with Crippen LogP contribution in [0, 0.1) is 11.3 Å². The van der Waals surface area contributed by atoms with Crippen molar-refractivity contribution in [3.8, 4) is 6.07 Å². The summed E-state index contributed by atoms with van der Waals surface area (Å²) in [5.74, 6) is -0.204. The SMILES string of the molecule is N#Cc1c[nH]c(C(=O)N(Cc2ccccc2)[C@@H]2CCS(=O)(=O)C2)c1. The lowest BCUT2D eigenvalue weighted by molar-refractivity contribution is 0.0675. The second kappa shape index (κ2) is 6.49. The minimum absolute atomic E-state index is 0.0165. The number of amides is 1. The van der Waals surface area contributed by atoms with E-state index in [1.54, 1.807) is 4.90 Å². The van der Waals surface area contributed by atoms with Gasteiger partial charge in [0.1, 0.15) is 11.8 Å². The molecule has 6 nitrogen and oxygen atoms in total. The van der Waals surface area contributed by atoms with Gasteiger partial charge in [0, 0.05) is 18.8 Å². The van der Waals surface area contributed by atoms with Crippen LogP contribution < -0.4 is 0 Å². The van der Waals surface area contributed by atoms with Crippen LogP contribution in [0.1, 0.15) is 28.0 Å². The van der Waals surface area contributed by atoms with Gasteiger partial charge >= 0.3 is 0 Å². The Bertz CT molecular complexity index is 881. The molecule has 24 heavy (non-hydrogen) atoms. The standard InChI is InChI=1S/C17H17N3O3S/c18-9-14-8-16(19-10-14)17(21)20(11-13-4-2-1-3-5-13)15-6-7-24(22,23)12-15/h1-5,8,10,15,19H,6-7,11-12H2/t15-/m1/s1. The summed E-state index contributed by atoms with van der Waals surface area (Å²) < 4.78 is 23.6. The van der Waals surface area contributed by atoms with E-state index >= 15 is 0 Å². The van der Waals surface area contributed by atoms with Crippen LogP contribution in [-0.2, 0) is 16.4 Å². The largest absolute Gasteiger partial charge is 0.356 e. The lowest BCUT2D eigenvalue weighted by atomic mass is 10.1. The van der Waals surface area contributed by atoms with Crippen LogP contribution in [0.3, 0.4) is 0 Å². The lowest BCUT2D eigenvalue weighted by Crippen LogP contribution is -2.40. The van der Waals surface area contributed by atoms with E-state index in [1.807, 2.05) is 36.4 Å². The molecule has 1 atom stereocenters. The van der Waals surface area contributed by atoms with Crippen LogP contribution in [0.5, 0.6) is 0 Å². The first kappa shape index (κ1) is 16.3. The predicted octanol–water partition coefficient (Wildman–Crippen LogP) is 1.72. The Morgan fingerprint density at radius 1 is 1.33 bits per heavy atom. The molecular weight excluding hydrogens is 326 g/mol. The molecule has 1 aromatic carbocycles. The Morgan fingerprint density at radius 2 is 2.08 bits per heavy atom. The molecule has 1 aromatic heterocycles. The molecule has 124 valence electrons. The van der Waals surface area contributed by atoms with Gasteiger partial charge in [0.15, 0.2) is 9.84 Å². The number of carbonyl (C=O) groups excluding carboxylic acids is 1. The Kier molecular flexibility index (Phi) is 4.40. The topological polar surface area (TPSA) is 94.0 Å². The third kappa shape index (κ3) is 3.49. The number of sulfone groups is 1. The summed E-state index contributed by atoms with van der Waals surface area (Å²) in [5, 5.41) is 8.91. The second-order valence-electron chi connectivity index (χ2n) is 5.89. The maximum atomic E-state index is 12.9. The van der Waals surface area contributed by atoms with Gasteiger partial charge in [-0.2, -0.15) is 5.26 Å². The first-order valence-electron chi connectivity index (χ1n) is 7.62. The minimum Gasteiger partial charge on any atom is -0.356 e. The molecule has 2 heterocycles. The zero-order valence-corrected chi connectivity index (χ0v) is 13.8. The zero-order valence-electron chi connectivity index (χ0n) is 13.0. The highest BCUT2D eigenvalue weighted by molar-refractivity contribution is 7.91. The van der Waals surface area contributed by atoms with E-state index in [1.165, 1.54) is 12.3 Å². The molecule has 1 aliphatic rings. The third-order valence-corrected chi connectivity index (χ3v) is 5.90. The van der Waals surface area contributed by atoms with Gasteiger partial charge in [-0.25, -0.2) is 8.42 Å². The van der Waals surface area contributed by atoms with Gasteiger partial charge in [-0.05, 0) is 18.1 Å². The number of aromatic nitrogens is 1. The molecule has 2 aromatic rings. The molecule has 1 N–H and O–H groups in total. The first-order chi connectivity index (χ1) is 11.5. The van der Waals surface area contributed by atoms with E-state index in [0.717, 1.165) is 5.56 Å². The second-order valence-corrected chi connectivity index (χ2v) is 8.12. The van der Waals surface area contributed by atoms with Gasteiger partial charge in [-0.1, -0.05) is 30.3 Å². The Balaban J connectivity index is 1.89. The van der Waals surface area contributed by atoms with Crippen LogP contribution >= 0.6 is 0 Å². The average Bonchev–Trinajstić information content (AvgIpc) is 3.19. The van der Waals surface area contributed by atoms with E-state index in [2.05, 4.69) is 4.98 Å². The van der Waals surface area contributed by atoms with E-state index in [9.17, 15) is 13.2 Å². The highest BCUT2D eigenvalue weighted by Gasteiger charge is 2.35. The number of nitrogens with one attached hydrogen (secondary N) is 1. The minimum atomic E-state index is -3.10. The van der Waals surface area contributed by atoms with Crippen molar-refractivity contribution >= 4 is 15.7 Å². The number of carbonyl (C=O) groups is 1. The van der Waals surface area contributed by atoms with Crippen LogP contribution in [0.25, 0.3) is 0 Å². The van der Waals surface area contributed by atoms with Crippen molar-refractivity contribution in [1.29, 1.82) is 5.26 Å². The van der Waals surface area contributed by atoms with E-state index < -0.39 is 9.84 Å². The number of H-pyrrole nitrogens is 1. The maximum absolute atomic E-state index is 12.9. The monoisotopic (exact) mass is 343 g/mol. The van der Waals surface area contributed by atoms with Crippen molar-refractivity contribution < 1.29 is 13.2 Å². The van der Waals surface area contributed by atoms with Crippen LogP contribution in [0.15, 0.2) is 42.6 Å². The molecule has 0 saturated carbocycles. The molecule has 1 saturated heterocycles. The number of rotatable bonds is 4. The van der Waals surface area contributed by atoms with E-state index in [0.29, 0.717) is 24.2 Å². The van der Waals surface area contributed by atoms with Crippen molar-refractivity contribution in [2.75, 3.05) is 11.5 Å². The quantitative estimate of drug-likeness (QED) is 0.914. The van der Waals surface area contributed by atoms with Crippen molar-refractivity contribution in [2.24, 2.45) is 0 Å². The fourth-order valence-corrected chi connectivity index (χ4v) is 4.64. The Morgan fingerprint density at radius 3 is 2.67 bits per heavy atom. The smallest absolute Gasteiger partial charge is 0.270 e. The van der Waals surface area contributed by atoms with Gasteiger partial charge in [0.25, 0.3) is 5.91 Å². The Hall–Kier alpha value is -2.59. The molecule has 0 spiro atoms. The van der Waals surface area contributed by atoms with Crippen molar-refractivity contribution in [2.45, 2.75) is 19.0 Å². The lowest BCUT2D eigenvalue weighted by Gasteiger charge is -2.28. The van der Waals surface area contributed by atoms with E-state index in [4.69, 9.17) is 5.26 Å². The summed E-state index contributed by atoms with van der Waals surface area (Å²) >= 11 is 0. The van der Waals surface area contributed by atoms with Gasteiger partial charge in [0.2, 0.25) is 0 Å². The summed E-state index contributed by atoms with van der Waals surface area (Å²) in [4.78, 5) is 17.3. The molecule has 0 unspecified atom stereocenters. The summed E-state index contributed by atoms with van der Waals surface area (Å²) in [6, 6.07) is 12.6. The fourth-order valence-electron chi connectivity index (χ4n) is 2.91. The molecule has 0 radical (unpaired) electrons. The van der Waals surface area contributed by atoms with Crippen LogP contribution in [0.4, 0.5) is 0 Å². The zero-order chi connectivity index (χ0) is 17.2. The van der Waals surface area contributed by atoms with Gasteiger partial charge in [-0.15, -0.1) is 0 Å². The number of hydrogen-bond acceptors (Lipinski definition) is 4. The summed E-state index contributed by atoms with van der Waals surface area (Å²) in [7, 11) is -3.10. The molecular formula is C17H17N3O3S. The van der Waals surface area contributed by atoms with Crippen molar-refractivity contribution in [1.82, 2.24) is 9.88 Å². The van der Waals surface area contributed by atoms with Gasteiger partial charge < -0.3 is 9.88 Å². The van der Waals surface area contributed by atoms with Gasteiger partial charge in [0.05, 0.1) is 17.1 Å². The predicted molar refractivity (Wildman–Crippen MR) is 88.9 cm³/mol. The molecule has 3 rings (SSSR count). The number of benzene rings is 1. The maximum Gasteiger partial charge on any atom is 0.270 e. The average molecular weight is 343 g/mol. The van der Waals surface area contributed by atoms with Crippen molar-refractivity contribution in [3.63, 3.8) is 0 Å². The molecule has 0 bridgehead atoms. The number of hydrogen-bond donors (Lipinski definition) is 1. The summed E-state index contributed by atoms with van der Waals surface area (Å²) in [5.41, 5.74) is 1.60. The fraction of sp³-hybridized carbons (Fsp3) is 0.294. The van der Waals surface area contributed by atoms with E-state index in [-0.39, 0.29) is 23.5 Å². The molecule has 0 aliphatic carbocycles. The molecule has 1 fully saturated rings. The van der Waals surface area contributed by atoms with Gasteiger partial charge in [-0.3, -0.25) is 4.79 Å². The third-order valence-electron chi connectivity index (χ3n) is 4.15. The molecule has 1 amide bonds. The van der Waals surface area contributed by atoms with Crippen LogP contribution in [-0.4, -0.2) is 41.8 Å². The normalized spacial score (nSPS) is 18.9. The number of aromatic amines is 1. The Labute approximate surface area is 140 Å². The van der Waals surface area contributed by atoms with Crippen LogP contribution in [0.2, 0.25) is 0 Å². The number of nitriles is 1. The van der Waals surface area contributed by atoms with Crippen molar-refractivity contribution in [3.05, 3.63) is 59.4 Å². The molecule has 1 aliphatic heterocycles. The molecule has 7 heteroatoms. The highest BCUT2D eigenvalue weighted by Crippen LogP contribution is 2.22. The summed E-state index contributed by atoms with van der Waals surface area (Å²) in [6.07, 6.45) is 1.91. The number of nitrogens with zero attached hydrogens (tertiary/aromatic N) is 2. The first-order valence-corrected chi connectivity index (χ1v) is 9.44.